The van der Waals surface area contributed by atoms with E-state index in [-0.39, 0.29) is 11.5 Å². The van der Waals surface area contributed by atoms with Crippen LogP contribution in [0.15, 0.2) is 23.1 Å². The second-order valence-corrected chi connectivity index (χ2v) is 4.59. The van der Waals surface area contributed by atoms with Crippen LogP contribution in [0.25, 0.3) is 0 Å². The molecule has 1 aromatic rings. The van der Waals surface area contributed by atoms with Gasteiger partial charge in [0.1, 0.15) is 0 Å². The minimum atomic E-state index is -0.255. The van der Waals surface area contributed by atoms with Crippen molar-refractivity contribution < 1.29 is 4.79 Å². The summed E-state index contributed by atoms with van der Waals surface area (Å²) in [6.07, 6.45) is 5.91. The summed E-state index contributed by atoms with van der Waals surface area (Å²) in [5, 5.41) is 3.83. The molecule has 0 bridgehead atoms. The molecule has 5 heteroatoms. The van der Waals surface area contributed by atoms with Crippen LogP contribution in [-0.4, -0.2) is 22.8 Å². The number of carbonyl (C=O) groups excluding carboxylic acids is 1. The molecule has 4 nitrogen and oxygen atoms in total. The van der Waals surface area contributed by atoms with Crippen LogP contribution in [0.2, 0.25) is 0 Å². The van der Waals surface area contributed by atoms with Crippen molar-refractivity contribution in [3.05, 3.63) is 34.2 Å². The Bertz CT molecular complexity index is 403. The Morgan fingerprint density at radius 2 is 2.06 bits per heavy atom. The van der Waals surface area contributed by atoms with Crippen molar-refractivity contribution in [2.24, 2.45) is 0 Å². The van der Waals surface area contributed by atoms with E-state index in [0.29, 0.717) is 12.1 Å². The second-order valence-electron chi connectivity index (χ2n) is 3.80. The highest BCUT2D eigenvalue weighted by molar-refractivity contribution is 9.09. The van der Waals surface area contributed by atoms with Gasteiger partial charge < -0.3 is 10.3 Å². The van der Waals surface area contributed by atoms with E-state index in [1.54, 1.807) is 6.07 Å². The summed E-state index contributed by atoms with van der Waals surface area (Å²) in [7, 11) is 0. The maximum Gasteiger partial charge on any atom is 0.251 e. The quantitative estimate of drug-likeness (QED) is 0.598. The number of carbonyl (C=O) groups is 1. The first kappa shape index (κ1) is 14.0. The Morgan fingerprint density at radius 1 is 1.29 bits per heavy atom. The molecule has 2 N–H and O–H groups in total. The third kappa shape index (κ3) is 5.68. The second kappa shape index (κ2) is 8.06. The van der Waals surface area contributed by atoms with E-state index in [2.05, 4.69) is 26.2 Å². The maximum absolute atomic E-state index is 11.6. The van der Waals surface area contributed by atoms with Crippen LogP contribution in [0.1, 0.15) is 36.0 Å². The molecule has 1 rings (SSSR count). The van der Waals surface area contributed by atoms with Gasteiger partial charge in [0, 0.05) is 29.7 Å². The van der Waals surface area contributed by atoms with Gasteiger partial charge in [-0.05, 0) is 18.9 Å². The lowest BCUT2D eigenvalue weighted by Crippen LogP contribution is -2.25. The summed E-state index contributed by atoms with van der Waals surface area (Å²) in [4.78, 5) is 25.1. The topological polar surface area (TPSA) is 62.0 Å². The fourth-order valence-electron chi connectivity index (χ4n) is 1.46. The smallest absolute Gasteiger partial charge is 0.251 e. The first-order chi connectivity index (χ1) is 8.24. The average molecular weight is 301 g/mol. The van der Waals surface area contributed by atoms with Crippen molar-refractivity contribution in [1.82, 2.24) is 10.3 Å². The van der Waals surface area contributed by atoms with Crippen molar-refractivity contribution in [3.63, 3.8) is 0 Å². The zero-order chi connectivity index (χ0) is 12.5. The predicted octanol–water partition coefficient (Wildman–Crippen LogP) is 2.06. The number of aromatic nitrogens is 1. The summed E-state index contributed by atoms with van der Waals surface area (Å²) >= 11 is 3.38. The van der Waals surface area contributed by atoms with Crippen molar-refractivity contribution in [1.29, 1.82) is 0 Å². The fourth-order valence-corrected chi connectivity index (χ4v) is 1.86. The van der Waals surface area contributed by atoms with E-state index in [0.717, 1.165) is 18.2 Å². The number of unbranched alkanes of at least 4 members (excludes halogenated alkanes) is 3. The molecule has 0 saturated carbocycles. The number of hydrogen-bond acceptors (Lipinski definition) is 2. The van der Waals surface area contributed by atoms with E-state index in [9.17, 15) is 9.59 Å². The molecule has 0 aliphatic carbocycles. The Kier molecular flexibility index (Phi) is 6.62. The van der Waals surface area contributed by atoms with Crippen LogP contribution in [0, 0.1) is 0 Å². The fraction of sp³-hybridized carbons (Fsp3) is 0.500. The molecule has 1 amide bonds. The highest BCUT2D eigenvalue weighted by Gasteiger charge is 2.04. The van der Waals surface area contributed by atoms with E-state index in [4.69, 9.17) is 0 Å². The molecule has 0 atom stereocenters. The van der Waals surface area contributed by atoms with E-state index < -0.39 is 0 Å². The molecule has 0 aliphatic rings. The molecule has 0 unspecified atom stereocenters. The maximum atomic E-state index is 11.6. The van der Waals surface area contributed by atoms with Crippen LogP contribution < -0.4 is 10.9 Å². The number of alkyl halides is 1. The van der Waals surface area contributed by atoms with Crippen molar-refractivity contribution >= 4 is 21.8 Å². The summed E-state index contributed by atoms with van der Waals surface area (Å²) in [6.45, 7) is 0.661. The van der Waals surface area contributed by atoms with Crippen LogP contribution in [-0.2, 0) is 0 Å². The summed E-state index contributed by atoms with van der Waals surface area (Å²) in [6, 6.07) is 2.90. The third-order valence-corrected chi connectivity index (χ3v) is 2.94. The van der Waals surface area contributed by atoms with Gasteiger partial charge in [-0.25, -0.2) is 0 Å². The minimum Gasteiger partial charge on any atom is -0.352 e. The molecule has 1 heterocycles. The average Bonchev–Trinajstić information content (AvgIpc) is 2.33. The number of halogens is 1. The van der Waals surface area contributed by atoms with Crippen LogP contribution >= 0.6 is 15.9 Å². The Labute approximate surface area is 109 Å². The monoisotopic (exact) mass is 300 g/mol. The van der Waals surface area contributed by atoms with Gasteiger partial charge in [0.25, 0.3) is 5.91 Å². The zero-order valence-corrected chi connectivity index (χ0v) is 11.3. The number of H-pyrrole nitrogens is 1. The van der Waals surface area contributed by atoms with Gasteiger partial charge in [-0.2, -0.15) is 0 Å². The van der Waals surface area contributed by atoms with Gasteiger partial charge in [0.05, 0.1) is 0 Å². The SMILES string of the molecule is O=C(NCCCCCCBr)c1cc[nH]c(=O)c1. The highest BCUT2D eigenvalue weighted by atomic mass is 79.9. The van der Waals surface area contributed by atoms with Crippen LogP contribution in [0.4, 0.5) is 0 Å². The summed E-state index contributed by atoms with van der Waals surface area (Å²) in [5.41, 5.74) is 0.157. The standard InChI is InChI=1S/C12H17BrN2O2/c13-6-3-1-2-4-7-15-12(17)10-5-8-14-11(16)9-10/h5,8-9H,1-4,6-7H2,(H,14,16)(H,15,17). The summed E-state index contributed by atoms with van der Waals surface area (Å²) < 4.78 is 0. The van der Waals surface area contributed by atoms with Gasteiger partial charge in [-0.3, -0.25) is 9.59 Å². The van der Waals surface area contributed by atoms with Gasteiger partial charge in [0.2, 0.25) is 5.56 Å². The molecular weight excluding hydrogens is 284 g/mol. The molecule has 0 aliphatic heterocycles. The van der Waals surface area contributed by atoms with Gasteiger partial charge in [0.15, 0.2) is 0 Å². The van der Waals surface area contributed by atoms with Gasteiger partial charge in [-0.1, -0.05) is 28.8 Å². The Balaban J connectivity index is 2.24. The van der Waals surface area contributed by atoms with Gasteiger partial charge in [-0.15, -0.1) is 0 Å². The molecule has 0 saturated heterocycles. The zero-order valence-electron chi connectivity index (χ0n) is 9.67. The molecule has 0 fully saturated rings. The number of nitrogens with one attached hydrogen (secondary N) is 2. The lowest BCUT2D eigenvalue weighted by molar-refractivity contribution is 0.0952. The van der Waals surface area contributed by atoms with Crippen molar-refractivity contribution in [2.75, 3.05) is 11.9 Å². The van der Waals surface area contributed by atoms with Crippen molar-refractivity contribution in [2.45, 2.75) is 25.7 Å². The predicted molar refractivity (Wildman–Crippen MR) is 71.7 cm³/mol. The van der Waals surface area contributed by atoms with E-state index in [1.807, 2.05) is 0 Å². The molecule has 0 spiro atoms. The normalized spacial score (nSPS) is 10.2. The number of rotatable bonds is 7. The highest BCUT2D eigenvalue weighted by Crippen LogP contribution is 2.01. The van der Waals surface area contributed by atoms with Crippen LogP contribution in [0.3, 0.4) is 0 Å². The first-order valence-electron chi connectivity index (χ1n) is 5.77. The number of pyridine rings is 1. The molecule has 0 aromatic carbocycles. The molecular formula is C12H17BrN2O2. The molecule has 0 radical (unpaired) electrons. The largest absolute Gasteiger partial charge is 0.352 e. The lowest BCUT2D eigenvalue weighted by Gasteiger charge is -2.04. The van der Waals surface area contributed by atoms with Gasteiger partial charge >= 0.3 is 0 Å². The Morgan fingerprint density at radius 3 is 2.76 bits per heavy atom. The van der Waals surface area contributed by atoms with Crippen molar-refractivity contribution in [3.8, 4) is 0 Å². The number of amides is 1. The summed E-state index contributed by atoms with van der Waals surface area (Å²) in [5.74, 6) is -0.184. The lowest BCUT2D eigenvalue weighted by atomic mass is 10.2. The third-order valence-electron chi connectivity index (χ3n) is 2.38. The molecule has 17 heavy (non-hydrogen) atoms. The van der Waals surface area contributed by atoms with E-state index >= 15 is 0 Å². The molecule has 94 valence electrons. The first-order valence-corrected chi connectivity index (χ1v) is 6.89. The number of hydrogen-bond donors (Lipinski definition) is 2. The minimum absolute atomic E-state index is 0.184. The van der Waals surface area contributed by atoms with Crippen LogP contribution in [0.5, 0.6) is 0 Å². The Hall–Kier alpha value is -1.10. The number of aromatic amines is 1. The van der Waals surface area contributed by atoms with E-state index in [1.165, 1.54) is 25.1 Å². The molecule has 1 aromatic heterocycles.